The van der Waals surface area contributed by atoms with E-state index in [-0.39, 0.29) is 22.1 Å². The smallest absolute Gasteiger partial charge is 0.259 e. The second-order valence-corrected chi connectivity index (χ2v) is 9.86. The van der Waals surface area contributed by atoms with E-state index < -0.39 is 17.6 Å². The molecule has 9 heteroatoms. The van der Waals surface area contributed by atoms with Crippen molar-refractivity contribution >= 4 is 43.4 Å². The molecular weight excluding hydrogens is 504 g/mol. The van der Waals surface area contributed by atoms with Gasteiger partial charge in [0.05, 0.1) is 29.6 Å². The Hall–Kier alpha value is -2.83. The van der Waals surface area contributed by atoms with Crippen LogP contribution in [-0.4, -0.2) is 37.8 Å². The Morgan fingerprint density at radius 2 is 1.87 bits per heavy atom. The number of nitrogens with one attached hydrogen (secondary N) is 1. The van der Waals surface area contributed by atoms with Gasteiger partial charge in [-0.15, -0.1) is 9.24 Å². The number of nitrogens with zero attached hydrogens (tertiary/aromatic N) is 1. The standard InChI is InChI=1S/C19H21FN3O3P.C8H16O.C2H6/c1-9(2)22-12-5-6-14(26-4)16(10(12)3)19(25)23-13-7-11(20)8-15(27)17(13)18(21)24;1-3-8-4-7(2)5-9-6-8;1-2/h5-8H,27H2,1-4H3,(H2,21,24)(H,23,25);7-8H,3-6H2,1-2H3;1-2H3. The molecule has 0 saturated carbocycles. The van der Waals surface area contributed by atoms with Crippen molar-refractivity contribution in [2.45, 2.75) is 61.3 Å². The van der Waals surface area contributed by atoms with Crippen LogP contribution in [-0.2, 0) is 4.74 Å². The summed E-state index contributed by atoms with van der Waals surface area (Å²) >= 11 is 0. The highest BCUT2D eigenvalue weighted by Gasteiger charge is 2.22. The molecule has 3 unspecified atom stereocenters. The molecule has 0 spiro atoms. The van der Waals surface area contributed by atoms with Gasteiger partial charge in [0.1, 0.15) is 11.6 Å². The number of hydrogen-bond acceptors (Lipinski definition) is 5. The van der Waals surface area contributed by atoms with Crippen LogP contribution in [0.25, 0.3) is 0 Å². The summed E-state index contributed by atoms with van der Waals surface area (Å²) in [6.45, 7) is 15.9. The van der Waals surface area contributed by atoms with Crippen LogP contribution in [0, 0.1) is 24.6 Å². The summed E-state index contributed by atoms with van der Waals surface area (Å²) in [6.07, 6.45) is 2.65. The van der Waals surface area contributed by atoms with Gasteiger partial charge >= 0.3 is 0 Å². The molecule has 2 aromatic rings. The van der Waals surface area contributed by atoms with Gasteiger partial charge in [-0.2, -0.15) is 0 Å². The zero-order chi connectivity index (χ0) is 29.0. The second kappa shape index (κ2) is 16.2. The summed E-state index contributed by atoms with van der Waals surface area (Å²) in [4.78, 5) is 29.1. The normalized spacial score (nSPS) is 16.2. The van der Waals surface area contributed by atoms with Crippen LogP contribution in [0.1, 0.15) is 80.7 Å². The third-order valence-corrected chi connectivity index (χ3v) is 6.34. The van der Waals surface area contributed by atoms with E-state index in [1.54, 1.807) is 19.1 Å². The van der Waals surface area contributed by atoms with Gasteiger partial charge in [0.2, 0.25) is 0 Å². The average molecular weight is 548 g/mol. The van der Waals surface area contributed by atoms with E-state index in [9.17, 15) is 14.0 Å². The lowest BCUT2D eigenvalue weighted by Gasteiger charge is -2.25. The number of halogens is 1. The molecule has 0 bridgehead atoms. The zero-order valence-corrected chi connectivity index (χ0v) is 25.1. The Balaban J connectivity index is 0.000000548. The Kier molecular flexibility index (Phi) is 14.2. The summed E-state index contributed by atoms with van der Waals surface area (Å²) < 4.78 is 24.5. The van der Waals surface area contributed by atoms with Crippen LogP contribution >= 0.6 is 9.24 Å². The van der Waals surface area contributed by atoms with Crippen molar-refractivity contribution in [3.05, 3.63) is 46.8 Å². The van der Waals surface area contributed by atoms with E-state index in [1.165, 1.54) is 20.0 Å². The van der Waals surface area contributed by atoms with Crippen molar-refractivity contribution in [2.24, 2.45) is 22.6 Å². The summed E-state index contributed by atoms with van der Waals surface area (Å²) in [7, 11) is 3.67. The lowest BCUT2D eigenvalue weighted by molar-refractivity contribution is 0.0200. The molecule has 1 heterocycles. The number of anilines is 1. The molecule has 3 rings (SSSR count). The minimum absolute atomic E-state index is 0.0143. The number of primary amides is 1. The van der Waals surface area contributed by atoms with Gasteiger partial charge in [-0.1, -0.05) is 34.1 Å². The molecule has 0 aromatic heterocycles. The molecule has 0 aliphatic carbocycles. The largest absolute Gasteiger partial charge is 0.496 e. The number of amides is 2. The molecule has 3 N–H and O–H groups in total. The van der Waals surface area contributed by atoms with Crippen LogP contribution in [0.5, 0.6) is 5.75 Å². The van der Waals surface area contributed by atoms with Crippen molar-refractivity contribution in [1.82, 2.24) is 0 Å². The Morgan fingerprint density at radius 3 is 2.37 bits per heavy atom. The van der Waals surface area contributed by atoms with E-state index in [1.807, 2.05) is 27.7 Å². The third kappa shape index (κ3) is 9.48. The van der Waals surface area contributed by atoms with Crippen molar-refractivity contribution in [3.63, 3.8) is 0 Å². The molecule has 1 saturated heterocycles. The number of ether oxygens (including phenoxy) is 2. The number of nitrogens with two attached hydrogens (primary N) is 1. The molecule has 7 nitrogen and oxygen atoms in total. The fourth-order valence-corrected chi connectivity index (χ4v) is 4.56. The molecule has 2 aromatic carbocycles. The van der Waals surface area contributed by atoms with Crippen LogP contribution < -0.4 is 21.1 Å². The molecule has 2 amide bonds. The third-order valence-electron chi connectivity index (χ3n) is 5.89. The fourth-order valence-electron chi connectivity index (χ4n) is 4.10. The highest BCUT2D eigenvalue weighted by atomic mass is 31.0. The van der Waals surface area contributed by atoms with Gasteiger partial charge in [-0.05, 0) is 74.2 Å². The van der Waals surface area contributed by atoms with Gasteiger partial charge < -0.3 is 20.5 Å². The zero-order valence-electron chi connectivity index (χ0n) is 23.9. The number of carbonyl (C=O) groups is 2. The maximum atomic E-state index is 13.8. The average Bonchev–Trinajstić information content (AvgIpc) is 2.85. The first-order chi connectivity index (χ1) is 18.0. The summed E-state index contributed by atoms with van der Waals surface area (Å²) in [5, 5.41) is 2.82. The molecular formula is C29H43FN3O4P. The molecule has 1 aliphatic heterocycles. The topological polar surface area (TPSA) is 103 Å². The van der Waals surface area contributed by atoms with Crippen LogP contribution in [0.4, 0.5) is 15.8 Å². The van der Waals surface area contributed by atoms with Crippen LogP contribution in [0.2, 0.25) is 0 Å². The minimum atomic E-state index is -0.779. The van der Waals surface area contributed by atoms with E-state index in [2.05, 4.69) is 33.4 Å². The summed E-state index contributed by atoms with van der Waals surface area (Å²) in [6, 6.07) is 5.57. The molecule has 0 radical (unpaired) electrons. The van der Waals surface area contributed by atoms with Gasteiger partial charge in [0.15, 0.2) is 0 Å². The van der Waals surface area contributed by atoms with Crippen LogP contribution in [0.3, 0.4) is 0 Å². The molecule has 210 valence electrons. The maximum Gasteiger partial charge on any atom is 0.259 e. The quantitative estimate of drug-likeness (QED) is 0.332. The number of rotatable bonds is 6. The van der Waals surface area contributed by atoms with E-state index in [4.69, 9.17) is 15.2 Å². The van der Waals surface area contributed by atoms with E-state index >= 15 is 0 Å². The predicted octanol–water partition coefficient (Wildman–Crippen LogP) is 6.20. The Bertz CT molecular complexity index is 1130. The highest BCUT2D eigenvalue weighted by Crippen LogP contribution is 2.31. The van der Waals surface area contributed by atoms with Crippen LogP contribution in [0.15, 0.2) is 29.3 Å². The molecule has 38 heavy (non-hydrogen) atoms. The Labute approximate surface area is 229 Å². The first kappa shape index (κ1) is 33.2. The maximum absolute atomic E-state index is 13.8. The van der Waals surface area contributed by atoms with E-state index in [0.29, 0.717) is 17.0 Å². The number of aliphatic imine (C=N–C) groups is 1. The first-order valence-electron chi connectivity index (χ1n) is 13.0. The van der Waals surface area contributed by atoms with Crippen molar-refractivity contribution in [2.75, 3.05) is 25.6 Å². The molecule has 3 atom stereocenters. The van der Waals surface area contributed by atoms with Gasteiger partial charge in [-0.25, -0.2) is 4.39 Å². The number of benzene rings is 2. The number of carbonyl (C=O) groups excluding carboxylic acids is 2. The lowest BCUT2D eigenvalue weighted by Crippen LogP contribution is -2.24. The van der Waals surface area contributed by atoms with Crippen molar-refractivity contribution in [3.8, 4) is 5.75 Å². The monoisotopic (exact) mass is 547 g/mol. The van der Waals surface area contributed by atoms with Crippen molar-refractivity contribution in [1.29, 1.82) is 0 Å². The predicted molar refractivity (Wildman–Crippen MR) is 158 cm³/mol. The molecule has 1 fully saturated rings. The minimum Gasteiger partial charge on any atom is -0.496 e. The van der Waals surface area contributed by atoms with E-state index in [0.717, 1.165) is 42.9 Å². The highest BCUT2D eigenvalue weighted by molar-refractivity contribution is 7.27. The number of hydrogen-bond donors (Lipinski definition) is 2. The van der Waals surface area contributed by atoms with Gasteiger partial charge in [0, 0.05) is 18.9 Å². The summed E-state index contributed by atoms with van der Waals surface area (Å²) in [5.74, 6) is 0.0221. The second-order valence-electron chi connectivity index (χ2n) is 9.23. The Morgan fingerprint density at radius 1 is 1.21 bits per heavy atom. The van der Waals surface area contributed by atoms with Crippen molar-refractivity contribution < 1.29 is 23.5 Å². The first-order valence-corrected chi connectivity index (χ1v) is 13.5. The van der Waals surface area contributed by atoms with Gasteiger partial charge in [-0.3, -0.25) is 14.6 Å². The number of methoxy groups -OCH3 is 1. The van der Waals surface area contributed by atoms with Gasteiger partial charge in [0.25, 0.3) is 11.8 Å². The SMILES string of the molecule is CC.CCC1COCC(C)C1.COc1ccc(N=C(C)C)c(C)c1C(=O)Nc1cc(F)cc(P)c1C(N)=O. The summed E-state index contributed by atoms with van der Waals surface area (Å²) in [5.41, 5.74) is 7.65. The molecule has 1 aliphatic rings. The lowest BCUT2D eigenvalue weighted by atomic mass is 9.93. The fraction of sp³-hybridized carbons (Fsp3) is 0.483.